The molecule has 0 radical (unpaired) electrons. The van der Waals surface area contributed by atoms with Gasteiger partial charge in [0.1, 0.15) is 5.60 Å². The van der Waals surface area contributed by atoms with Gasteiger partial charge < -0.3 is 15.0 Å². The summed E-state index contributed by atoms with van der Waals surface area (Å²) >= 11 is 3.37. The van der Waals surface area contributed by atoms with Crippen LogP contribution in [0.2, 0.25) is 0 Å². The standard InChI is InChI=1S/C15H25BrN2O2/c1-10(16)9-17-11-7-12-5-6-13(8-11)18(12)14(19)20-15(2,3)4/h11-13,17H,1,5-9H2,2-4H3. The summed E-state index contributed by atoms with van der Waals surface area (Å²) < 4.78 is 6.51. The Hall–Kier alpha value is -0.550. The van der Waals surface area contributed by atoms with E-state index in [1.165, 1.54) is 0 Å². The van der Waals surface area contributed by atoms with Gasteiger partial charge in [0.25, 0.3) is 0 Å². The summed E-state index contributed by atoms with van der Waals surface area (Å²) in [6, 6.07) is 1.12. The van der Waals surface area contributed by atoms with Gasteiger partial charge in [-0.2, -0.15) is 0 Å². The Kier molecular flexibility index (Phi) is 4.80. The summed E-state index contributed by atoms with van der Waals surface area (Å²) in [4.78, 5) is 14.3. The van der Waals surface area contributed by atoms with E-state index in [1.807, 2.05) is 25.7 Å². The zero-order valence-corrected chi connectivity index (χ0v) is 14.2. The van der Waals surface area contributed by atoms with Crippen molar-refractivity contribution in [3.05, 3.63) is 11.1 Å². The second kappa shape index (κ2) is 6.06. The van der Waals surface area contributed by atoms with Crippen molar-refractivity contribution in [2.24, 2.45) is 0 Å². The maximum Gasteiger partial charge on any atom is 0.410 e. The Morgan fingerprint density at radius 1 is 1.35 bits per heavy atom. The van der Waals surface area contributed by atoms with Gasteiger partial charge in [-0.3, -0.25) is 0 Å². The highest BCUT2D eigenvalue weighted by atomic mass is 79.9. The number of nitrogens with one attached hydrogen (secondary N) is 1. The molecule has 2 unspecified atom stereocenters. The van der Waals surface area contributed by atoms with Crippen molar-refractivity contribution in [1.29, 1.82) is 0 Å². The Balaban J connectivity index is 1.93. The van der Waals surface area contributed by atoms with Crippen molar-refractivity contribution in [2.45, 2.75) is 70.2 Å². The number of hydrogen-bond acceptors (Lipinski definition) is 3. The fourth-order valence-electron chi connectivity index (χ4n) is 3.21. The second-order valence-electron chi connectivity index (χ2n) is 6.84. The van der Waals surface area contributed by atoms with E-state index in [4.69, 9.17) is 4.74 Å². The molecule has 2 heterocycles. The van der Waals surface area contributed by atoms with Crippen LogP contribution in [-0.4, -0.2) is 41.3 Å². The van der Waals surface area contributed by atoms with Gasteiger partial charge in [0.15, 0.2) is 0 Å². The lowest BCUT2D eigenvalue weighted by molar-refractivity contribution is 0.00488. The van der Waals surface area contributed by atoms with Crippen molar-refractivity contribution in [2.75, 3.05) is 6.54 Å². The largest absolute Gasteiger partial charge is 0.444 e. The summed E-state index contributed by atoms with van der Waals surface area (Å²) in [5.41, 5.74) is -0.417. The summed E-state index contributed by atoms with van der Waals surface area (Å²) in [5.74, 6) is 0. The second-order valence-corrected chi connectivity index (χ2v) is 7.96. The Bertz CT molecular complexity index is 378. The number of piperidine rings is 1. The van der Waals surface area contributed by atoms with E-state index in [1.54, 1.807) is 0 Å². The molecule has 2 fully saturated rings. The van der Waals surface area contributed by atoms with Gasteiger partial charge in [-0.15, -0.1) is 0 Å². The smallest absolute Gasteiger partial charge is 0.410 e. The quantitative estimate of drug-likeness (QED) is 0.852. The molecule has 2 rings (SSSR count). The molecule has 2 aliphatic rings. The van der Waals surface area contributed by atoms with Gasteiger partial charge in [-0.05, 0) is 46.5 Å². The first-order chi connectivity index (χ1) is 9.26. The van der Waals surface area contributed by atoms with Crippen LogP contribution in [0, 0.1) is 0 Å². The van der Waals surface area contributed by atoms with Crippen molar-refractivity contribution in [3.63, 3.8) is 0 Å². The molecule has 114 valence electrons. The number of ether oxygens (including phenoxy) is 1. The van der Waals surface area contributed by atoms with Crippen LogP contribution < -0.4 is 5.32 Å². The Morgan fingerprint density at radius 3 is 2.35 bits per heavy atom. The normalized spacial score (nSPS) is 29.4. The van der Waals surface area contributed by atoms with Gasteiger partial charge in [0.2, 0.25) is 0 Å². The molecule has 0 spiro atoms. The van der Waals surface area contributed by atoms with E-state index < -0.39 is 5.60 Å². The molecule has 4 nitrogen and oxygen atoms in total. The highest BCUT2D eigenvalue weighted by molar-refractivity contribution is 9.11. The third kappa shape index (κ3) is 3.98. The molecule has 20 heavy (non-hydrogen) atoms. The Labute approximate surface area is 130 Å². The summed E-state index contributed by atoms with van der Waals surface area (Å²) in [7, 11) is 0. The zero-order chi connectivity index (χ0) is 14.9. The first-order valence-corrected chi connectivity index (χ1v) is 8.13. The van der Waals surface area contributed by atoms with E-state index in [0.29, 0.717) is 18.1 Å². The van der Waals surface area contributed by atoms with Gasteiger partial charge >= 0.3 is 6.09 Å². The number of carbonyl (C=O) groups excluding carboxylic acids is 1. The minimum Gasteiger partial charge on any atom is -0.444 e. The summed E-state index contributed by atoms with van der Waals surface area (Å²) in [6.45, 7) is 10.4. The molecule has 0 aromatic carbocycles. The van der Waals surface area contributed by atoms with E-state index in [2.05, 4.69) is 27.8 Å². The third-order valence-electron chi connectivity index (χ3n) is 3.92. The number of hydrogen-bond donors (Lipinski definition) is 1. The monoisotopic (exact) mass is 344 g/mol. The van der Waals surface area contributed by atoms with Gasteiger partial charge in [0.05, 0.1) is 0 Å². The average molecular weight is 345 g/mol. The van der Waals surface area contributed by atoms with Crippen molar-refractivity contribution in [3.8, 4) is 0 Å². The Morgan fingerprint density at radius 2 is 1.90 bits per heavy atom. The number of nitrogens with zero attached hydrogens (tertiary/aromatic N) is 1. The molecule has 5 heteroatoms. The van der Waals surface area contributed by atoms with Crippen LogP contribution in [0.4, 0.5) is 4.79 Å². The molecule has 0 aliphatic carbocycles. The lowest BCUT2D eigenvalue weighted by Crippen LogP contribution is -2.52. The van der Waals surface area contributed by atoms with Crippen LogP contribution in [-0.2, 0) is 4.74 Å². The predicted molar refractivity (Wildman–Crippen MR) is 84.0 cm³/mol. The average Bonchev–Trinajstić information content (AvgIpc) is 2.56. The first-order valence-electron chi connectivity index (χ1n) is 7.34. The zero-order valence-electron chi connectivity index (χ0n) is 12.6. The fraction of sp³-hybridized carbons (Fsp3) is 0.800. The molecule has 2 saturated heterocycles. The molecule has 1 N–H and O–H groups in total. The molecule has 0 aromatic heterocycles. The van der Waals surface area contributed by atoms with Gasteiger partial charge in [-0.25, -0.2) is 4.79 Å². The lowest BCUT2D eigenvalue weighted by Gasteiger charge is -2.39. The van der Waals surface area contributed by atoms with Crippen LogP contribution in [0.5, 0.6) is 0 Å². The van der Waals surface area contributed by atoms with E-state index in [9.17, 15) is 4.79 Å². The van der Waals surface area contributed by atoms with Crippen LogP contribution in [0.25, 0.3) is 0 Å². The maximum absolute atomic E-state index is 12.3. The van der Waals surface area contributed by atoms with E-state index in [0.717, 1.165) is 36.7 Å². The number of carbonyl (C=O) groups is 1. The van der Waals surface area contributed by atoms with Crippen LogP contribution in [0.3, 0.4) is 0 Å². The van der Waals surface area contributed by atoms with Crippen molar-refractivity contribution >= 4 is 22.0 Å². The molecule has 2 bridgehead atoms. The topological polar surface area (TPSA) is 41.6 Å². The molecule has 0 aromatic rings. The fourth-order valence-corrected chi connectivity index (χ4v) is 3.37. The van der Waals surface area contributed by atoms with Crippen molar-refractivity contribution < 1.29 is 9.53 Å². The number of rotatable bonds is 3. The number of amides is 1. The summed E-state index contributed by atoms with van der Waals surface area (Å²) in [5, 5.41) is 3.50. The molecule has 2 aliphatic heterocycles. The van der Waals surface area contributed by atoms with Crippen LogP contribution in [0.1, 0.15) is 46.5 Å². The van der Waals surface area contributed by atoms with Gasteiger partial charge in [-0.1, -0.05) is 22.5 Å². The molecule has 2 atom stereocenters. The van der Waals surface area contributed by atoms with Crippen LogP contribution >= 0.6 is 15.9 Å². The minimum atomic E-state index is -0.417. The number of halogens is 1. The predicted octanol–water partition coefficient (Wildman–Crippen LogP) is 3.42. The molecule has 1 amide bonds. The van der Waals surface area contributed by atoms with Crippen LogP contribution in [0.15, 0.2) is 11.1 Å². The molecular weight excluding hydrogens is 320 g/mol. The lowest BCUT2D eigenvalue weighted by atomic mass is 9.98. The van der Waals surface area contributed by atoms with E-state index >= 15 is 0 Å². The number of fused-ring (bicyclic) bond motifs is 2. The van der Waals surface area contributed by atoms with E-state index in [-0.39, 0.29) is 6.09 Å². The first kappa shape index (κ1) is 15.8. The van der Waals surface area contributed by atoms with Gasteiger partial charge in [0, 0.05) is 29.2 Å². The minimum absolute atomic E-state index is 0.145. The highest BCUT2D eigenvalue weighted by Crippen LogP contribution is 2.36. The SMILES string of the molecule is C=C(Br)CNC1CC2CCC(C1)N2C(=O)OC(C)(C)C. The molecular formula is C15H25BrN2O2. The summed E-state index contributed by atoms with van der Waals surface area (Å²) in [6.07, 6.45) is 4.06. The highest BCUT2D eigenvalue weighted by Gasteiger charge is 2.44. The third-order valence-corrected chi connectivity index (χ3v) is 4.20. The maximum atomic E-state index is 12.3. The van der Waals surface area contributed by atoms with Crippen molar-refractivity contribution in [1.82, 2.24) is 10.2 Å². The molecule has 0 saturated carbocycles.